The summed E-state index contributed by atoms with van der Waals surface area (Å²) in [5.41, 5.74) is 2.10. The van der Waals surface area contributed by atoms with Gasteiger partial charge in [0.1, 0.15) is 0 Å². The van der Waals surface area contributed by atoms with Gasteiger partial charge >= 0.3 is 5.97 Å². The molecule has 1 aliphatic carbocycles. The molecule has 0 amide bonds. The van der Waals surface area contributed by atoms with E-state index in [0.29, 0.717) is 0 Å². The molecule has 0 spiro atoms. The summed E-state index contributed by atoms with van der Waals surface area (Å²) in [6.07, 6.45) is 4.65. The molecule has 14 heavy (non-hydrogen) atoms. The zero-order chi connectivity index (χ0) is 9.97. The summed E-state index contributed by atoms with van der Waals surface area (Å²) >= 11 is 0. The topological polar surface area (TPSA) is 39.2 Å². The van der Waals surface area contributed by atoms with Crippen molar-refractivity contribution in [1.82, 2.24) is 4.98 Å². The first kappa shape index (κ1) is 9.19. The molecular formula is C11H13NO2. The van der Waals surface area contributed by atoms with Crippen LogP contribution in [0.5, 0.6) is 0 Å². The van der Waals surface area contributed by atoms with Crippen LogP contribution in [0.1, 0.15) is 30.0 Å². The van der Waals surface area contributed by atoms with Crippen LogP contribution in [0.4, 0.5) is 0 Å². The van der Waals surface area contributed by atoms with Gasteiger partial charge < -0.3 is 4.74 Å². The lowest BCUT2D eigenvalue weighted by Gasteiger charge is -2.22. The highest BCUT2D eigenvalue weighted by molar-refractivity contribution is 5.78. The Morgan fingerprint density at radius 3 is 3.29 bits per heavy atom. The Balaban J connectivity index is 2.35. The largest absolute Gasteiger partial charge is 0.469 e. The summed E-state index contributed by atoms with van der Waals surface area (Å²) < 4.78 is 4.78. The molecule has 2 rings (SSSR count). The van der Waals surface area contributed by atoms with E-state index in [9.17, 15) is 4.79 Å². The van der Waals surface area contributed by atoms with Crippen LogP contribution in [0, 0.1) is 0 Å². The second-order valence-electron chi connectivity index (χ2n) is 3.51. The fourth-order valence-electron chi connectivity index (χ4n) is 1.99. The van der Waals surface area contributed by atoms with E-state index in [1.807, 2.05) is 12.1 Å². The van der Waals surface area contributed by atoms with Gasteiger partial charge in [0.15, 0.2) is 0 Å². The zero-order valence-electron chi connectivity index (χ0n) is 8.19. The van der Waals surface area contributed by atoms with E-state index in [0.717, 1.165) is 30.5 Å². The van der Waals surface area contributed by atoms with Crippen LogP contribution in [0.15, 0.2) is 18.3 Å². The normalized spacial score (nSPS) is 19.9. The Kier molecular flexibility index (Phi) is 2.48. The van der Waals surface area contributed by atoms with E-state index in [2.05, 4.69) is 4.98 Å². The maximum absolute atomic E-state index is 11.5. The van der Waals surface area contributed by atoms with Crippen LogP contribution in [-0.4, -0.2) is 18.1 Å². The Morgan fingerprint density at radius 2 is 2.50 bits per heavy atom. The van der Waals surface area contributed by atoms with Gasteiger partial charge in [-0.3, -0.25) is 9.78 Å². The summed E-state index contributed by atoms with van der Waals surface area (Å²) in [7, 11) is 1.44. The van der Waals surface area contributed by atoms with E-state index >= 15 is 0 Å². The molecule has 0 aromatic carbocycles. The first-order valence-electron chi connectivity index (χ1n) is 4.84. The van der Waals surface area contributed by atoms with E-state index in [4.69, 9.17) is 4.74 Å². The number of fused-ring (bicyclic) bond motifs is 1. The average Bonchev–Trinajstić information content (AvgIpc) is 2.27. The highest BCUT2D eigenvalue weighted by Gasteiger charge is 2.27. The second-order valence-corrected chi connectivity index (χ2v) is 3.51. The number of hydrogen-bond acceptors (Lipinski definition) is 3. The van der Waals surface area contributed by atoms with E-state index in [1.54, 1.807) is 6.20 Å². The molecule has 0 bridgehead atoms. The summed E-state index contributed by atoms with van der Waals surface area (Å²) in [4.78, 5) is 15.8. The zero-order valence-corrected chi connectivity index (χ0v) is 8.19. The molecule has 0 aliphatic heterocycles. The number of nitrogens with zero attached hydrogens (tertiary/aromatic N) is 1. The second kappa shape index (κ2) is 3.78. The highest BCUT2D eigenvalue weighted by atomic mass is 16.5. The average molecular weight is 191 g/mol. The van der Waals surface area contributed by atoms with Crippen LogP contribution >= 0.6 is 0 Å². The predicted octanol–water partition coefficient (Wildman–Crippen LogP) is 1.67. The molecule has 3 nitrogen and oxygen atoms in total. The first-order valence-corrected chi connectivity index (χ1v) is 4.84. The van der Waals surface area contributed by atoms with Gasteiger partial charge in [-0.15, -0.1) is 0 Å². The third-order valence-corrected chi connectivity index (χ3v) is 2.69. The van der Waals surface area contributed by atoms with Gasteiger partial charge in [0.2, 0.25) is 0 Å². The van der Waals surface area contributed by atoms with E-state index in [1.165, 1.54) is 7.11 Å². The molecular weight excluding hydrogens is 178 g/mol. The van der Waals surface area contributed by atoms with Gasteiger partial charge in [0.25, 0.3) is 0 Å². The maximum atomic E-state index is 11.5. The summed E-state index contributed by atoms with van der Waals surface area (Å²) in [5, 5.41) is 0. The first-order chi connectivity index (χ1) is 6.83. The fourth-order valence-corrected chi connectivity index (χ4v) is 1.99. The minimum absolute atomic E-state index is 0.0996. The van der Waals surface area contributed by atoms with Crippen molar-refractivity contribution in [3.63, 3.8) is 0 Å². The molecule has 1 atom stereocenters. The van der Waals surface area contributed by atoms with Crippen LogP contribution < -0.4 is 0 Å². The lowest BCUT2D eigenvalue weighted by molar-refractivity contribution is -0.142. The Morgan fingerprint density at radius 1 is 1.64 bits per heavy atom. The SMILES string of the molecule is COC(=O)[C@@H]1CCCc2ncccc21. The van der Waals surface area contributed by atoms with Crippen LogP contribution in [-0.2, 0) is 16.0 Å². The van der Waals surface area contributed by atoms with Gasteiger partial charge in [-0.1, -0.05) is 6.07 Å². The number of rotatable bonds is 1. The molecule has 1 aliphatic rings. The smallest absolute Gasteiger partial charge is 0.313 e. The number of carbonyl (C=O) groups excluding carboxylic acids is 1. The Bertz CT molecular complexity index is 349. The van der Waals surface area contributed by atoms with Crippen molar-refractivity contribution in [2.24, 2.45) is 0 Å². The van der Waals surface area contributed by atoms with Crippen molar-refractivity contribution in [2.75, 3.05) is 7.11 Å². The molecule has 0 saturated heterocycles. The van der Waals surface area contributed by atoms with Crippen molar-refractivity contribution >= 4 is 5.97 Å². The van der Waals surface area contributed by atoms with Crippen LogP contribution in [0.2, 0.25) is 0 Å². The number of aryl methyl sites for hydroxylation is 1. The minimum atomic E-state index is -0.140. The number of carbonyl (C=O) groups is 1. The molecule has 0 radical (unpaired) electrons. The Hall–Kier alpha value is -1.38. The number of ether oxygens (including phenoxy) is 1. The molecule has 1 heterocycles. The molecule has 1 aromatic rings. The van der Waals surface area contributed by atoms with E-state index in [-0.39, 0.29) is 11.9 Å². The summed E-state index contributed by atoms with van der Waals surface area (Å²) in [6.45, 7) is 0. The van der Waals surface area contributed by atoms with Gasteiger partial charge in [-0.2, -0.15) is 0 Å². The van der Waals surface area contributed by atoms with Gasteiger partial charge in [0.05, 0.1) is 13.0 Å². The van der Waals surface area contributed by atoms with Crippen molar-refractivity contribution in [3.05, 3.63) is 29.6 Å². The fraction of sp³-hybridized carbons (Fsp3) is 0.455. The monoisotopic (exact) mass is 191 g/mol. The standard InChI is InChI=1S/C11H13NO2/c1-14-11(13)9-4-2-6-10-8(9)5-3-7-12-10/h3,5,7,9H,2,4,6H2,1H3/t9-/m1/s1. The minimum Gasteiger partial charge on any atom is -0.469 e. The van der Waals surface area contributed by atoms with Gasteiger partial charge in [-0.05, 0) is 30.9 Å². The van der Waals surface area contributed by atoms with Crippen molar-refractivity contribution < 1.29 is 9.53 Å². The number of hydrogen-bond donors (Lipinski definition) is 0. The molecule has 0 N–H and O–H groups in total. The van der Waals surface area contributed by atoms with Crippen LogP contribution in [0.3, 0.4) is 0 Å². The van der Waals surface area contributed by atoms with Gasteiger partial charge in [0, 0.05) is 11.9 Å². The molecule has 3 heteroatoms. The number of pyridine rings is 1. The number of methoxy groups -OCH3 is 1. The lowest BCUT2D eigenvalue weighted by atomic mass is 9.86. The van der Waals surface area contributed by atoms with Crippen molar-refractivity contribution in [1.29, 1.82) is 0 Å². The predicted molar refractivity (Wildman–Crippen MR) is 51.9 cm³/mol. The summed E-state index contributed by atoms with van der Waals surface area (Å²) in [5.74, 6) is -0.239. The maximum Gasteiger partial charge on any atom is 0.313 e. The Labute approximate surface area is 83.1 Å². The molecule has 0 unspecified atom stereocenters. The summed E-state index contributed by atoms with van der Waals surface area (Å²) in [6, 6.07) is 3.85. The van der Waals surface area contributed by atoms with E-state index < -0.39 is 0 Å². The molecule has 0 fully saturated rings. The van der Waals surface area contributed by atoms with Crippen molar-refractivity contribution in [2.45, 2.75) is 25.2 Å². The molecule has 0 saturated carbocycles. The van der Waals surface area contributed by atoms with Gasteiger partial charge in [-0.25, -0.2) is 0 Å². The number of esters is 1. The third kappa shape index (κ3) is 1.50. The van der Waals surface area contributed by atoms with Crippen molar-refractivity contribution in [3.8, 4) is 0 Å². The quantitative estimate of drug-likeness (QED) is 0.634. The number of aromatic nitrogens is 1. The molecule has 74 valence electrons. The third-order valence-electron chi connectivity index (χ3n) is 2.69. The molecule has 1 aromatic heterocycles. The lowest BCUT2D eigenvalue weighted by Crippen LogP contribution is -2.20. The van der Waals surface area contributed by atoms with Crippen LogP contribution in [0.25, 0.3) is 0 Å². The highest BCUT2D eigenvalue weighted by Crippen LogP contribution is 2.30.